The SMILES string of the molecule is C[C@H](Sc1nc2sc3c(c2c(=O)n1C)CCC3)c1nnc(-c2ccccc2)o1. The zero-order chi connectivity index (χ0) is 19.3. The molecular weight excluding hydrogens is 392 g/mol. The first-order valence-corrected chi connectivity index (χ1v) is 10.9. The standard InChI is InChI=1S/C20H18N4O2S2/c1-11(16-22-23-17(26-16)12-7-4-3-5-8-12)27-20-21-18-15(19(25)24(20)2)13-9-6-10-14(13)28-18/h3-5,7-8,11H,6,9-10H2,1-2H3/t11-/m0/s1. The third kappa shape index (κ3) is 2.87. The molecule has 0 spiro atoms. The highest BCUT2D eigenvalue weighted by molar-refractivity contribution is 7.99. The number of thiophene rings is 1. The summed E-state index contributed by atoms with van der Waals surface area (Å²) in [6, 6.07) is 9.69. The van der Waals surface area contributed by atoms with E-state index in [-0.39, 0.29) is 10.8 Å². The van der Waals surface area contributed by atoms with Crippen LogP contribution in [0, 0.1) is 0 Å². The van der Waals surface area contributed by atoms with Gasteiger partial charge in [0.1, 0.15) is 4.83 Å². The summed E-state index contributed by atoms with van der Waals surface area (Å²) < 4.78 is 7.50. The Labute approximate surface area is 169 Å². The van der Waals surface area contributed by atoms with Crippen LogP contribution in [-0.2, 0) is 19.9 Å². The lowest BCUT2D eigenvalue weighted by molar-refractivity contribution is 0.508. The first-order chi connectivity index (χ1) is 13.6. The van der Waals surface area contributed by atoms with Crippen molar-refractivity contribution >= 4 is 33.3 Å². The third-order valence-corrected chi connectivity index (χ3v) is 7.31. The van der Waals surface area contributed by atoms with E-state index in [0.717, 1.165) is 35.0 Å². The molecule has 8 heteroatoms. The summed E-state index contributed by atoms with van der Waals surface area (Å²) in [6.45, 7) is 1.98. The maximum atomic E-state index is 12.9. The molecule has 1 atom stereocenters. The molecule has 142 valence electrons. The minimum absolute atomic E-state index is 0.0367. The van der Waals surface area contributed by atoms with Crippen molar-refractivity contribution < 1.29 is 4.42 Å². The second kappa shape index (κ2) is 6.86. The quantitative estimate of drug-likeness (QED) is 0.367. The first kappa shape index (κ1) is 17.6. The number of benzene rings is 1. The van der Waals surface area contributed by atoms with E-state index in [1.165, 1.54) is 22.2 Å². The molecule has 28 heavy (non-hydrogen) atoms. The monoisotopic (exact) mass is 410 g/mol. The molecule has 4 aromatic rings. The highest BCUT2D eigenvalue weighted by Crippen LogP contribution is 2.38. The summed E-state index contributed by atoms with van der Waals surface area (Å²) >= 11 is 3.12. The minimum atomic E-state index is -0.118. The van der Waals surface area contributed by atoms with Gasteiger partial charge in [0, 0.05) is 17.5 Å². The van der Waals surface area contributed by atoms with Crippen molar-refractivity contribution in [1.29, 1.82) is 0 Å². The highest BCUT2D eigenvalue weighted by Gasteiger charge is 2.24. The molecule has 0 aliphatic heterocycles. The van der Waals surface area contributed by atoms with Gasteiger partial charge in [-0.2, -0.15) is 0 Å². The number of aromatic nitrogens is 4. The fourth-order valence-corrected chi connectivity index (χ4v) is 5.72. The molecular formula is C20H18N4O2S2. The molecule has 0 amide bonds. The molecule has 0 fully saturated rings. The van der Waals surface area contributed by atoms with Gasteiger partial charge in [-0.3, -0.25) is 9.36 Å². The molecule has 0 radical (unpaired) electrons. The summed E-state index contributed by atoms with van der Waals surface area (Å²) in [6.07, 6.45) is 3.18. The molecule has 0 bridgehead atoms. The Balaban J connectivity index is 1.46. The van der Waals surface area contributed by atoms with Gasteiger partial charge in [0.25, 0.3) is 5.56 Å². The number of aryl methyl sites for hydroxylation is 2. The topological polar surface area (TPSA) is 73.8 Å². The van der Waals surface area contributed by atoms with Crippen LogP contribution in [0.1, 0.15) is 34.9 Å². The van der Waals surface area contributed by atoms with Crippen LogP contribution in [0.2, 0.25) is 0 Å². The Bertz CT molecular complexity index is 1230. The van der Waals surface area contributed by atoms with Gasteiger partial charge < -0.3 is 4.42 Å². The summed E-state index contributed by atoms with van der Waals surface area (Å²) in [5, 5.41) is 9.71. The highest BCUT2D eigenvalue weighted by atomic mass is 32.2. The average molecular weight is 411 g/mol. The van der Waals surface area contributed by atoms with Crippen LogP contribution in [0.25, 0.3) is 21.7 Å². The third-order valence-electron chi connectivity index (χ3n) is 5.00. The summed E-state index contributed by atoms with van der Waals surface area (Å²) in [5.74, 6) is 1.02. The van der Waals surface area contributed by atoms with Crippen LogP contribution < -0.4 is 5.56 Å². The molecule has 0 saturated carbocycles. The van der Waals surface area contributed by atoms with Gasteiger partial charge in [-0.1, -0.05) is 30.0 Å². The van der Waals surface area contributed by atoms with Crippen molar-refractivity contribution in [3.63, 3.8) is 0 Å². The van der Waals surface area contributed by atoms with Crippen LogP contribution in [-0.4, -0.2) is 19.7 Å². The van der Waals surface area contributed by atoms with Crippen molar-refractivity contribution in [1.82, 2.24) is 19.7 Å². The second-order valence-corrected chi connectivity index (χ2v) is 9.26. The Morgan fingerprint density at radius 2 is 2.04 bits per heavy atom. The molecule has 3 aromatic heterocycles. The molecule has 0 N–H and O–H groups in total. The fourth-order valence-electron chi connectivity index (χ4n) is 3.52. The lowest BCUT2D eigenvalue weighted by Crippen LogP contribution is -2.20. The van der Waals surface area contributed by atoms with Crippen LogP contribution in [0.5, 0.6) is 0 Å². The first-order valence-electron chi connectivity index (χ1n) is 9.18. The number of thioether (sulfide) groups is 1. The van der Waals surface area contributed by atoms with Gasteiger partial charge in [-0.25, -0.2) is 4.98 Å². The second-order valence-electron chi connectivity index (χ2n) is 6.87. The van der Waals surface area contributed by atoms with Gasteiger partial charge in [-0.15, -0.1) is 21.5 Å². The Hall–Kier alpha value is -2.45. The number of nitrogens with zero attached hydrogens (tertiary/aromatic N) is 4. The van der Waals surface area contributed by atoms with E-state index in [0.29, 0.717) is 16.9 Å². The smallest absolute Gasteiger partial charge is 0.262 e. The van der Waals surface area contributed by atoms with Crippen LogP contribution in [0.15, 0.2) is 44.7 Å². The largest absolute Gasteiger partial charge is 0.419 e. The van der Waals surface area contributed by atoms with E-state index < -0.39 is 0 Å². The van der Waals surface area contributed by atoms with Crippen LogP contribution >= 0.6 is 23.1 Å². The van der Waals surface area contributed by atoms with Gasteiger partial charge >= 0.3 is 0 Å². The normalized spacial score (nSPS) is 14.5. The number of rotatable bonds is 4. The molecule has 1 aliphatic rings. The maximum absolute atomic E-state index is 12.9. The van der Waals surface area contributed by atoms with E-state index in [1.54, 1.807) is 23.0 Å². The minimum Gasteiger partial charge on any atom is -0.419 e. The Kier molecular flexibility index (Phi) is 4.32. The van der Waals surface area contributed by atoms with Crippen LogP contribution in [0.4, 0.5) is 0 Å². The average Bonchev–Trinajstić information content (AvgIpc) is 3.42. The fraction of sp³-hybridized carbons (Fsp3) is 0.300. The molecule has 5 rings (SSSR count). The molecule has 0 saturated heterocycles. The van der Waals surface area contributed by atoms with E-state index in [4.69, 9.17) is 9.40 Å². The zero-order valence-electron chi connectivity index (χ0n) is 15.5. The predicted molar refractivity (Wildman–Crippen MR) is 111 cm³/mol. The van der Waals surface area contributed by atoms with Gasteiger partial charge in [0.2, 0.25) is 11.8 Å². The van der Waals surface area contributed by atoms with Gasteiger partial charge in [0.05, 0.1) is 10.6 Å². The van der Waals surface area contributed by atoms with Crippen molar-refractivity contribution in [2.24, 2.45) is 7.05 Å². The summed E-state index contributed by atoms with van der Waals surface area (Å²) in [7, 11) is 1.78. The maximum Gasteiger partial charge on any atom is 0.262 e. The lowest BCUT2D eigenvalue weighted by Gasteiger charge is -2.10. The molecule has 0 unspecified atom stereocenters. The number of fused-ring (bicyclic) bond motifs is 3. The Morgan fingerprint density at radius 3 is 2.86 bits per heavy atom. The zero-order valence-corrected chi connectivity index (χ0v) is 17.1. The van der Waals surface area contributed by atoms with E-state index >= 15 is 0 Å². The van der Waals surface area contributed by atoms with Crippen LogP contribution in [0.3, 0.4) is 0 Å². The van der Waals surface area contributed by atoms with E-state index in [2.05, 4.69) is 10.2 Å². The summed E-state index contributed by atoms with van der Waals surface area (Å²) in [5.41, 5.74) is 2.13. The van der Waals surface area contributed by atoms with Gasteiger partial charge in [0.15, 0.2) is 5.16 Å². The number of hydrogen-bond acceptors (Lipinski definition) is 7. The van der Waals surface area contributed by atoms with Crippen molar-refractivity contribution in [3.05, 3.63) is 57.0 Å². The molecule has 6 nitrogen and oxygen atoms in total. The molecule has 1 aromatic carbocycles. The molecule has 3 heterocycles. The summed E-state index contributed by atoms with van der Waals surface area (Å²) in [4.78, 5) is 19.9. The Morgan fingerprint density at radius 1 is 1.21 bits per heavy atom. The predicted octanol–water partition coefficient (Wildman–Crippen LogP) is 4.39. The lowest BCUT2D eigenvalue weighted by atomic mass is 10.2. The van der Waals surface area contributed by atoms with Crippen molar-refractivity contribution in [2.45, 2.75) is 36.6 Å². The number of hydrogen-bond donors (Lipinski definition) is 0. The van der Waals surface area contributed by atoms with E-state index in [9.17, 15) is 4.79 Å². The van der Waals surface area contributed by atoms with Gasteiger partial charge in [-0.05, 0) is 43.9 Å². The molecule has 1 aliphatic carbocycles. The van der Waals surface area contributed by atoms with E-state index in [1.807, 2.05) is 37.3 Å². The van der Waals surface area contributed by atoms with Crippen molar-refractivity contribution in [3.8, 4) is 11.5 Å². The van der Waals surface area contributed by atoms with Crippen molar-refractivity contribution in [2.75, 3.05) is 0 Å².